The van der Waals surface area contributed by atoms with Gasteiger partial charge in [0, 0.05) is 51.0 Å². The molecule has 1 saturated heterocycles. The van der Waals surface area contributed by atoms with E-state index in [-0.39, 0.29) is 29.6 Å². The molecular weight excluding hydrogens is 336 g/mol. The fourth-order valence-electron chi connectivity index (χ4n) is 3.76. The van der Waals surface area contributed by atoms with Crippen LogP contribution in [0.2, 0.25) is 0 Å². The largest absolute Gasteiger partial charge is 0.360 e. The van der Waals surface area contributed by atoms with Crippen LogP contribution in [0.4, 0.5) is 5.82 Å². The molecule has 3 amide bonds. The summed E-state index contributed by atoms with van der Waals surface area (Å²) in [5.41, 5.74) is 0. The summed E-state index contributed by atoms with van der Waals surface area (Å²) in [6, 6.07) is 1.69. The van der Waals surface area contributed by atoms with Crippen molar-refractivity contribution in [1.29, 1.82) is 0 Å². The molecule has 1 aromatic heterocycles. The van der Waals surface area contributed by atoms with Crippen LogP contribution < -0.4 is 5.32 Å². The Hall–Kier alpha value is -2.38. The van der Waals surface area contributed by atoms with Gasteiger partial charge in [-0.3, -0.25) is 14.4 Å². The van der Waals surface area contributed by atoms with Gasteiger partial charge in [-0.25, -0.2) is 0 Å². The van der Waals surface area contributed by atoms with Crippen molar-refractivity contribution in [2.75, 3.05) is 31.5 Å². The second-order valence-corrected chi connectivity index (χ2v) is 7.19. The van der Waals surface area contributed by atoms with Gasteiger partial charge in [0.1, 0.15) is 5.76 Å². The molecular formula is C18H26N4O4. The minimum Gasteiger partial charge on any atom is -0.360 e. The Kier molecular flexibility index (Phi) is 5.58. The number of carbonyl (C=O) groups excluding carboxylic acids is 3. The van der Waals surface area contributed by atoms with Gasteiger partial charge >= 0.3 is 0 Å². The Morgan fingerprint density at radius 3 is 2.15 bits per heavy atom. The van der Waals surface area contributed by atoms with Crippen molar-refractivity contribution in [3.05, 3.63) is 11.8 Å². The van der Waals surface area contributed by atoms with Crippen LogP contribution >= 0.6 is 0 Å². The normalized spacial score (nSPS) is 23.6. The van der Waals surface area contributed by atoms with Gasteiger partial charge in [0.15, 0.2) is 5.82 Å². The molecule has 1 saturated carbocycles. The third kappa shape index (κ3) is 4.23. The Morgan fingerprint density at radius 2 is 1.62 bits per heavy atom. The van der Waals surface area contributed by atoms with E-state index < -0.39 is 0 Å². The van der Waals surface area contributed by atoms with Crippen LogP contribution in [-0.4, -0.2) is 58.9 Å². The van der Waals surface area contributed by atoms with Crippen molar-refractivity contribution in [1.82, 2.24) is 15.0 Å². The lowest BCUT2D eigenvalue weighted by Gasteiger charge is -2.37. The molecule has 1 aliphatic heterocycles. The molecule has 2 heterocycles. The molecule has 0 unspecified atom stereocenters. The lowest BCUT2D eigenvalue weighted by molar-refractivity contribution is -0.142. The molecule has 1 N–H and O–H groups in total. The average Bonchev–Trinajstić information content (AvgIpc) is 3.06. The highest BCUT2D eigenvalue weighted by atomic mass is 16.5. The monoisotopic (exact) mass is 362 g/mol. The Balaban J connectivity index is 1.45. The first-order chi connectivity index (χ1) is 12.4. The lowest BCUT2D eigenvalue weighted by atomic mass is 9.81. The van der Waals surface area contributed by atoms with Crippen molar-refractivity contribution in [3.8, 4) is 0 Å². The van der Waals surface area contributed by atoms with E-state index in [2.05, 4.69) is 10.5 Å². The summed E-state index contributed by atoms with van der Waals surface area (Å²) in [6.07, 6.45) is 2.85. The number of aryl methyl sites for hydroxylation is 1. The zero-order valence-corrected chi connectivity index (χ0v) is 15.4. The fraction of sp³-hybridized carbons (Fsp3) is 0.667. The van der Waals surface area contributed by atoms with Gasteiger partial charge < -0.3 is 19.6 Å². The van der Waals surface area contributed by atoms with E-state index in [1.54, 1.807) is 24.8 Å². The van der Waals surface area contributed by atoms with Crippen LogP contribution in [0.15, 0.2) is 10.6 Å². The molecule has 142 valence electrons. The number of carbonyl (C=O) groups is 3. The zero-order chi connectivity index (χ0) is 18.7. The maximum absolute atomic E-state index is 12.7. The topological polar surface area (TPSA) is 95.8 Å². The van der Waals surface area contributed by atoms with Gasteiger partial charge in [-0.2, -0.15) is 0 Å². The van der Waals surface area contributed by atoms with E-state index >= 15 is 0 Å². The van der Waals surface area contributed by atoms with Crippen LogP contribution in [0.5, 0.6) is 0 Å². The van der Waals surface area contributed by atoms with Gasteiger partial charge in [0.25, 0.3) is 0 Å². The minimum absolute atomic E-state index is 0.0165. The third-order valence-corrected chi connectivity index (χ3v) is 5.36. The van der Waals surface area contributed by atoms with Crippen molar-refractivity contribution < 1.29 is 18.9 Å². The highest BCUT2D eigenvalue weighted by molar-refractivity contribution is 5.92. The van der Waals surface area contributed by atoms with Crippen LogP contribution in [0.25, 0.3) is 0 Å². The number of piperazine rings is 1. The van der Waals surface area contributed by atoms with Crippen molar-refractivity contribution >= 4 is 23.5 Å². The molecule has 0 aromatic carbocycles. The second-order valence-electron chi connectivity index (χ2n) is 7.19. The quantitative estimate of drug-likeness (QED) is 0.877. The van der Waals surface area contributed by atoms with Gasteiger partial charge in [-0.15, -0.1) is 0 Å². The maximum atomic E-state index is 12.7. The van der Waals surface area contributed by atoms with E-state index in [1.807, 2.05) is 4.90 Å². The van der Waals surface area contributed by atoms with Crippen LogP contribution in [0.3, 0.4) is 0 Å². The molecule has 0 bridgehead atoms. The number of anilines is 1. The Bertz CT molecular complexity index is 670. The zero-order valence-electron chi connectivity index (χ0n) is 15.4. The number of nitrogens with one attached hydrogen (secondary N) is 1. The summed E-state index contributed by atoms with van der Waals surface area (Å²) in [5.74, 6) is 1.15. The van der Waals surface area contributed by atoms with Crippen molar-refractivity contribution in [2.24, 2.45) is 11.8 Å². The molecule has 1 aromatic rings. The highest BCUT2D eigenvalue weighted by Gasteiger charge is 2.33. The van der Waals surface area contributed by atoms with E-state index in [1.165, 1.54) is 0 Å². The van der Waals surface area contributed by atoms with E-state index in [0.717, 1.165) is 12.8 Å². The molecule has 1 aliphatic carbocycles. The average molecular weight is 362 g/mol. The number of rotatable bonds is 3. The predicted octanol–water partition coefficient (Wildman–Crippen LogP) is 1.42. The summed E-state index contributed by atoms with van der Waals surface area (Å²) in [6.45, 7) is 5.75. The number of hydrogen-bond acceptors (Lipinski definition) is 5. The number of aromatic nitrogens is 1. The number of nitrogens with zero attached hydrogens (tertiary/aromatic N) is 3. The van der Waals surface area contributed by atoms with Gasteiger partial charge in [-0.05, 0) is 32.6 Å². The Morgan fingerprint density at radius 1 is 1.04 bits per heavy atom. The molecule has 0 atom stereocenters. The van der Waals surface area contributed by atoms with Crippen LogP contribution in [0.1, 0.15) is 38.4 Å². The molecule has 0 radical (unpaired) electrons. The van der Waals surface area contributed by atoms with Gasteiger partial charge in [0.05, 0.1) is 0 Å². The first-order valence-electron chi connectivity index (χ1n) is 9.22. The molecule has 8 nitrogen and oxygen atoms in total. The smallest absolute Gasteiger partial charge is 0.228 e. The molecule has 8 heteroatoms. The summed E-state index contributed by atoms with van der Waals surface area (Å²) in [5, 5.41) is 6.56. The first-order valence-corrected chi connectivity index (χ1v) is 9.22. The van der Waals surface area contributed by atoms with Crippen molar-refractivity contribution in [2.45, 2.75) is 39.5 Å². The standard InChI is InChI=1S/C18H26N4O4/c1-12-11-16(20-26-12)19-17(24)14-3-5-15(6-4-14)18(25)22-9-7-21(8-10-22)13(2)23/h11,14-15H,3-10H2,1-2H3,(H,19,20,24). The summed E-state index contributed by atoms with van der Waals surface area (Å²) >= 11 is 0. The summed E-state index contributed by atoms with van der Waals surface area (Å²) in [7, 11) is 0. The Labute approximate surface area is 152 Å². The van der Waals surface area contributed by atoms with E-state index in [0.29, 0.717) is 50.6 Å². The number of amides is 3. The molecule has 2 fully saturated rings. The fourth-order valence-corrected chi connectivity index (χ4v) is 3.76. The minimum atomic E-state index is -0.0920. The van der Waals surface area contributed by atoms with E-state index in [4.69, 9.17) is 4.52 Å². The summed E-state index contributed by atoms with van der Waals surface area (Å²) in [4.78, 5) is 40.1. The maximum Gasteiger partial charge on any atom is 0.228 e. The van der Waals surface area contributed by atoms with Crippen LogP contribution in [0, 0.1) is 18.8 Å². The van der Waals surface area contributed by atoms with E-state index in [9.17, 15) is 14.4 Å². The molecule has 3 rings (SSSR count). The SMILES string of the molecule is CC(=O)N1CCN(C(=O)C2CCC(C(=O)Nc3cc(C)on3)CC2)CC1. The highest BCUT2D eigenvalue weighted by Crippen LogP contribution is 2.31. The lowest BCUT2D eigenvalue weighted by Crippen LogP contribution is -2.51. The second kappa shape index (κ2) is 7.88. The molecule has 2 aliphatic rings. The van der Waals surface area contributed by atoms with Gasteiger partial charge in [0.2, 0.25) is 17.7 Å². The number of hydrogen-bond donors (Lipinski definition) is 1. The summed E-state index contributed by atoms with van der Waals surface area (Å²) < 4.78 is 4.95. The molecule has 0 spiro atoms. The third-order valence-electron chi connectivity index (χ3n) is 5.36. The predicted molar refractivity (Wildman–Crippen MR) is 94.2 cm³/mol. The van der Waals surface area contributed by atoms with Gasteiger partial charge in [-0.1, -0.05) is 5.16 Å². The van der Waals surface area contributed by atoms with Crippen molar-refractivity contribution in [3.63, 3.8) is 0 Å². The first kappa shape index (κ1) is 18.4. The molecule has 26 heavy (non-hydrogen) atoms. The van der Waals surface area contributed by atoms with Crippen LogP contribution in [-0.2, 0) is 14.4 Å².